The molecule has 0 radical (unpaired) electrons. The fourth-order valence-corrected chi connectivity index (χ4v) is 23.2. The first kappa shape index (κ1) is 24.1. The third kappa shape index (κ3) is 3.54. The van der Waals surface area contributed by atoms with Crippen molar-refractivity contribution in [1.29, 1.82) is 0 Å². The molecule has 0 N–H and O–H groups in total. The molecule has 0 aromatic heterocycles. The third-order valence-corrected chi connectivity index (χ3v) is 24.5. The molecule has 0 bridgehead atoms. The van der Waals surface area contributed by atoms with E-state index in [1.54, 1.807) is 33.4 Å². The Morgan fingerprint density at radius 3 is 1.23 bits per heavy atom. The summed E-state index contributed by atoms with van der Waals surface area (Å²) >= 11 is -2.42. The van der Waals surface area contributed by atoms with Gasteiger partial charge in [-0.3, -0.25) is 0 Å². The van der Waals surface area contributed by atoms with Crippen LogP contribution in [0.3, 0.4) is 0 Å². The van der Waals surface area contributed by atoms with Gasteiger partial charge in [0.05, 0.1) is 0 Å². The number of halogens is 1. The topological polar surface area (TPSA) is 0 Å². The Hall–Kier alpha value is 0.0419. The van der Waals surface area contributed by atoms with Gasteiger partial charge in [-0.15, -0.1) is 0 Å². The van der Waals surface area contributed by atoms with Crippen LogP contribution in [0.15, 0.2) is 50.8 Å². The third-order valence-electron chi connectivity index (χ3n) is 7.21. The van der Waals surface area contributed by atoms with Crippen molar-refractivity contribution in [2.45, 2.75) is 79.6 Å². The quantitative estimate of drug-likeness (QED) is 0.404. The van der Waals surface area contributed by atoms with Crippen LogP contribution in [0.1, 0.15) is 76.2 Å². The van der Waals surface area contributed by atoms with Crippen LogP contribution in [0, 0.1) is 36.9 Å². The van der Waals surface area contributed by atoms with Crippen molar-refractivity contribution in [2.75, 3.05) is 0 Å². The Bertz CT molecular complexity index is 708. The summed E-state index contributed by atoms with van der Waals surface area (Å²) in [5, 5.41) is 0. The molecule has 0 heterocycles. The SMILES string of the molecule is C=C(C)[CH2][U+]([C]1=C(C)C(C)=C(C)C1(C)C)[C]1=C(C)C(C)=C(C)C1(C)C.[Cl-]. The normalized spacial score (nSPS) is 21.7. The van der Waals surface area contributed by atoms with E-state index in [1.165, 1.54) is 9.03 Å². The zero-order valence-corrected chi connectivity index (χ0v) is 23.7. The number of allylic oxidation sites excluding steroid dienone is 9. The zero-order valence-electron chi connectivity index (χ0n) is 18.8. The molecule has 0 amide bonds. The predicted molar refractivity (Wildman–Crippen MR) is 109 cm³/mol. The van der Waals surface area contributed by atoms with Crippen LogP contribution in [-0.2, 0) is 0 Å². The number of hydrogen-bond donors (Lipinski definition) is 0. The van der Waals surface area contributed by atoms with Gasteiger partial charge in [0.15, 0.2) is 0 Å². The van der Waals surface area contributed by atoms with Gasteiger partial charge in [-0.1, -0.05) is 0 Å². The summed E-state index contributed by atoms with van der Waals surface area (Å²) < 4.78 is 4.96. The average molecular weight is 599 g/mol. The summed E-state index contributed by atoms with van der Waals surface area (Å²) in [5.74, 6) is 0. The van der Waals surface area contributed by atoms with Gasteiger partial charge < -0.3 is 12.4 Å². The van der Waals surface area contributed by atoms with Crippen molar-refractivity contribution >= 4 is 0 Å². The van der Waals surface area contributed by atoms with E-state index in [4.69, 9.17) is 0 Å². The Balaban J connectivity index is 0.00000338. The maximum atomic E-state index is 4.34. The van der Waals surface area contributed by atoms with Crippen LogP contribution in [0.5, 0.6) is 0 Å². The van der Waals surface area contributed by atoms with E-state index in [1.807, 2.05) is 5.21 Å². The van der Waals surface area contributed by atoms with Crippen LogP contribution in [0.4, 0.5) is 0 Å². The summed E-state index contributed by atoms with van der Waals surface area (Å²) in [7, 11) is 0. The first-order valence-corrected chi connectivity index (χ1v) is 16.7. The second-order valence-electron chi connectivity index (χ2n) is 9.36. The molecule has 0 aliphatic heterocycles. The van der Waals surface area contributed by atoms with Crippen molar-refractivity contribution in [1.82, 2.24) is 0 Å². The van der Waals surface area contributed by atoms with Gasteiger partial charge >= 0.3 is 167 Å². The fourth-order valence-electron chi connectivity index (χ4n) is 5.00. The molecule has 144 valence electrons. The molecule has 2 aliphatic carbocycles. The van der Waals surface area contributed by atoms with Gasteiger partial charge in [0.25, 0.3) is 0 Å². The van der Waals surface area contributed by atoms with Crippen LogP contribution >= 0.6 is 0 Å². The first-order chi connectivity index (χ1) is 11.3. The van der Waals surface area contributed by atoms with E-state index in [-0.39, 0.29) is 23.2 Å². The molecule has 2 aliphatic rings. The van der Waals surface area contributed by atoms with E-state index in [2.05, 4.69) is 82.7 Å². The molecule has 0 nitrogen and oxygen atoms in total. The van der Waals surface area contributed by atoms with Gasteiger partial charge in [0, 0.05) is 0 Å². The molecule has 0 spiro atoms. The molecule has 0 saturated heterocycles. The molecule has 0 saturated carbocycles. The van der Waals surface area contributed by atoms with Gasteiger partial charge in [0.1, 0.15) is 0 Å². The Kier molecular flexibility index (Phi) is 7.24. The molecule has 0 aromatic carbocycles. The molecular formula is C24H37ClU. The number of hydrogen-bond acceptors (Lipinski definition) is 0. The van der Waals surface area contributed by atoms with Gasteiger partial charge in [-0.2, -0.15) is 0 Å². The number of rotatable bonds is 4. The van der Waals surface area contributed by atoms with E-state index in [0.29, 0.717) is 0 Å². The summed E-state index contributed by atoms with van der Waals surface area (Å²) in [5.41, 5.74) is 11.3. The van der Waals surface area contributed by atoms with Crippen molar-refractivity contribution in [3.8, 4) is 0 Å². The van der Waals surface area contributed by atoms with Gasteiger partial charge in [-0.05, 0) is 0 Å². The molecular weight excluding hydrogens is 562 g/mol. The largest absolute Gasteiger partial charge is 1.00 e. The summed E-state index contributed by atoms with van der Waals surface area (Å²) in [6, 6.07) is 0. The minimum Gasteiger partial charge on any atom is -1.00 e. The molecule has 26 heavy (non-hydrogen) atoms. The smallest absolute Gasteiger partial charge is 1.00 e. The van der Waals surface area contributed by atoms with E-state index in [9.17, 15) is 0 Å². The van der Waals surface area contributed by atoms with Crippen LogP contribution < -0.4 is 12.4 Å². The minimum absolute atomic E-state index is 0. The van der Waals surface area contributed by atoms with Crippen molar-refractivity contribution in [3.63, 3.8) is 0 Å². The second kappa shape index (κ2) is 7.81. The van der Waals surface area contributed by atoms with Crippen LogP contribution in [0.25, 0.3) is 0 Å². The van der Waals surface area contributed by atoms with E-state index < -0.39 is 26.0 Å². The molecule has 0 fully saturated rings. The molecule has 0 unspecified atom stereocenters. The van der Waals surface area contributed by atoms with Crippen LogP contribution in [-0.4, -0.2) is 0 Å². The Labute approximate surface area is 178 Å². The Morgan fingerprint density at radius 1 is 0.731 bits per heavy atom. The van der Waals surface area contributed by atoms with Crippen molar-refractivity contribution in [2.24, 2.45) is 10.8 Å². The summed E-state index contributed by atoms with van der Waals surface area (Å²) in [4.78, 5) is 0. The Morgan fingerprint density at radius 2 is 1.04 bits per heavy atom. The maximum Gasteiger partial charge on any atom is -1.00 e. The molecule has 2 rings (SSSR count). The summed E-state index contributed by atoms with van der Waals surface area (Å²) in [6.07, 6.45) is 0. The average Bonchev–Trinajstić information content (AvgIpc) is 2.73. The monoisotopic (exact) mass is 598 g/mol. The predicted octanol–water partition coefficient (Wildman–Crippen LogP) is 4.91. The first-order valence-electron chi connectivity index (χ1n) is 9.56. The van der Waals surface area contributed by atoms with E-state index >= 15 is 0 Å². The second-order valence-corrected chi connectivity index (χ2v) is 19.0. The zero-order chi connectivity index (χ0) is 19.5. The molecule has 0 atom stereocenters. The molecule has 0 aromatic rings. The van der Waals surface area contributed by atoms with Crippen LogP contribution in [0.2, 0.25) is 3.45 Å². The van der Waals surface area contributed by atoms with Crippen molar-refractivity contribution < 1.29 is 38.4 Å². The summed E-state index contributed by atoms with van der Waals surface area (Å²) in [6.45, 7) is 30.6. The maximum absolute atomic E-state index is 4.34. The minimum atomic E-state index is -2.42. The fraction of sp³-hybridized carbons (Fsp3) is 0.583. The molecule has 2 heteroatoms. The van der Waals surface area contributed by atoms with Crippen molar-refractivity contribution in [3.05, 3.63) is 50.8 Å². The van der Waals surface area contributed by atoms with Gasteiger partial charge in [0.2, 0.25) is 0 Å². The standard InChI is InChI=1S/2C10H15.C4H7.ClH.U/c2*1-7-6-10(4,5)9(3)8(7)2;1-4(2)3;;/h2*1-5H3;1-2H2,3H3;1H;/q;;;;+1/p-1. The van der Waals surface area contributed by atoms with Gasteiger partial charge in [-0.25, -0.2) is 0 Å². The van der Waals surface area contributed by atoms with E-state index in [0.717, 1.165) is 0 Å².